The van der Waals surface area contributed by atoms with Gasteiger partial charge in [0.1, 0.15) is 5.75 Å². The number of carbonyl (C=O) groups is 1. The van der Waals surface area contributed by atoms with E-state index < -0.39 is 0 Å². The summed E-state index contributed by atoms with van der Waals surface area (Å²) in [5.41, 5.74) is 7.40. The monoisotopic (exact) mass is 394 g/mol. The van der Waals surface area contributed by atoms with E-state index in [1.54, 1.807) is 43.5 Å². The average molecular weight is 395 g/mol. The van der Waals surface area contributed by atoms with E-state index in [1.807, 2.05) is 6.92 Å². The van der Waals surface area contributed by atoms with Gasteiger partial charge in [-0.2, -0.15) is 0 Å². The number of unbranched alkanes of at least 4 members (excludes halogenated alkanes) is 1. The van der Waals surface area contributed by atoms with Crippen LogP contribution in [0.2, 0.25) is 0 Å². The molecule has 0 aliphatic heterocycles. The molecule has 27 heavy (non-hydrogen) atoms. The third-order valence-corrected chi connectivity index (χ3v) is 3.75. The number of halogens is 1. The molecule has 0 saturated heterocycles. The number of rotatable bonds is 9. The smallest absolute Gasteiger partial charge is 0.255 e. The molecule has 0 unspecified atom stereocenters. The number of hydrogen-bond acceptors (Lipinski definition) is 5. The summed E-state index contributed by atoms with van der Waals surface area (Å²) in [6.07, 6.45) is 2.02. The van der Waals surface area contributed by atoms with Crippen LogP contribution in [0.5, 0.6) is 17.2 Å². The van der Waals surface area contributed by atoms with Gasteiger partial charge in [-0.25, -0.2) is 0 Å². The molecule has 0 aliphatic carbocycles. The molecule has 0 aromatic heterocycles. The van der Waals surface area contributed by atoms with Crippen LogP contribution in [0, 0.1) is 0 Å². The molecule has 3 N–H and O–H groups in total. The maximum Gasteiger partial charge on any atom is 0.255 e. The van der Waals surface area contributed by atoms with Gasteiger partial charge in [0.05, 0.1) is 26.0 Å². The molecule has 6 nitrogen and oxygen atoms in total. The van der Waals surface area contributed by atoms with Gasteiger partial charge in [-0.3, -0.25) is 4.79 Å². The number of methoxy groups -OCH3 is 1. The van der Waals surface area contributed by atoms with E-state index in [9.17, 15) is 4.79 Å². The number of nitrogens with two attached hydrogens (primary N) is 1. The second-order valence-corrected chi connectivity index (χ2v) is 5.71. The lowest BCUT2D eigenvalue weighted by Gasteiger charge is -2.13. The molecule has 0 aliphatic rings. The molecule has 0 atom stereocenters. The van der Waals surface area contributed by atoms with Crippen molar-refractivity contribution >= 4 is 29.7 Å². The first-order chi connectivity index (χ1) is 12.6. The maximum atomic E-state index is 12.5. The topological polar surface area (TPSA) is 82.8 Å². The number of nitrogen functional groups attached to an aromatic ring is 1. The van der Waals surface area contributed by atoms with E-state index in [1.165, 1.54) is 0 Å². The van der Waals surface area contributed by atoms with Crippen LogP contribution in [0.4, 0.5) is 11.4 Å². The minimum absolute atomic E-state index is 0. The van der Waals surface area contributed by atoms with Crippen molar-refractivity contribution in [3.63, 3.8) is 0 Å². The van der Waals surface area contributed by atoms with Crippen LogP contribution in [0.1, 0.15) is 37.0 Å². The van der Waals surface area contributed by atoms with Crippen molar-refractivity contribution in [1.29, 1.82) is 0 Å². The Morgan fingerprint density at radius 2 is 1.78 bits per heavy atom. The minimum Gasteiger partial charge on any atom is -0.495 e. The number of carbonyl (C=O) groups excluding carboxylic acids is 1. The summed E-state index contributed by atoms with van der Waals surface area (Å²) in [5, 5.41) is 2.82. The quantitative estimate of drug-likeness (QED) is 0.482. The number of hydrogen-bond donors (Lipinski definition) is 2. The highest BCUT2D eigenvalue weighted by molar-refractivity contribution is 6.05. The van der Waals surface area contributed by atoms with E-state index in [-0.39, 0.29) is 18.3 Å². The molecule has 7 heteroatoms. The summed E-state index contributed by atoms with van der Waals surface area (Å²) in [7, 11) is 1.54. The van der Waals surface area contributed by atoms with E-state index in [0.717, 1.165) is 12.8 Å². The fourth-order valence-corrected chi connectivity index (χ4v) is 2.38. The van der Waals surface area contributed by atoms with Gasteiger partial charge >= 0.3 is 0 Å². The first-order valence-corrected chi connectivity index (χ1v) is 8.73. The van der Waals surface area contributed by atoms with Gasteiger partial charge in [-0.15, -0.1) is 12.4 Å². The van der Waals surface area contributed by atoms with Crippen molar-refractivity contribution < 1.29 is 19.0 Å². The maximum absolute atomic E-state index is 12.5. The predicted octanol–water partition coefficient (Wildman–Crippen LogP) is 4.53. The van der Waals surface area contributed by atoms with Gasteiger partial charge < -0.3 is 25.3 Å². The Hall–Kier alpha value is -2.60. The van der Waals surface area contributed by atoms with Crippen LogP contribution < -0.4 is 25.3 Å². The van der Waals surface area contributed by atoms with Crippen molar-refractivity contribution in [2.45, 2.75) is 26.7 Å². The highest BCUT2D eigenvalue weighted by atomic mass is 35.5. The summed E-state index contributed by atoms with van der Waals surface area (Å²) >= 11 is 0. The molecular weight excluding hydrogens is 368 g/mol. The summed E-state index contributed by atoms with van der Waals surface area (Å²) in [5.74, 6) is 1.52. The van der Waals surface area contributed by atoms with Gasteiger partial charge in [-0.1, -0.05) is 13.3 Å². The van der Waals surface area contributed by atoms with E-state index in [0.29, 0.717) is 47.4 Å². The van der Waals surface area contributed by atoms with Crippen molar-refractivity contribution in [3.8, 4) is 17.2 Å². The summed E-state index contributed by atoms with van der Waals surface area (Å²) in [4.78, 5) is 12.5. The van der Waals surface area contributed by atoms with Crippen molar-refractivity contribution in [1.82, 2.24) is 0 Å². The van der Waals surface area contributed by atoms with E-state index in [4.69, 9.17) is 19.9 Å². The molecule has 0 radical (unpaired) electrons. The lowest BCUT2D eigenvalue weighted by molar-refractivity contribution is 0.102. The zero-order valence-electron chi connectivity index (χ0n) is 15.9. The number of anilines is 2. The van der Waals surface area contributed by atoms with Gasteiger partial charge in [-0.05, 0) is 49.7 Å². The van der Waals surface area contributed by atoms with Gasteiger partial charge in [0.25, 0.3) is 5.91 Å². The van der Waals surface area contributed by atoms with Crippen LogP contribution in [-0.2, 0) is 0 Å². The number of ether oxygens (including phenoxy) is 3. The van der Waals surface area contributed by atoms with Crippen LogP contribution in [0.3, 0.4) is 0 Å². The first-order valence-electron chi connectivity index (χ1n) is 8.73. The zero-order valence-corrected chi connectivity index (χ0v) is 16.7. The Morgan fingerprint density at radius 3 is 2.41 bits per heavy atom. The number of nitrogens with one attached hydrogen (secondary N) is 1. The lowest BCUT2D eigenvalue weighted by Crippen LogP contribution is -2.13. The van der Waals surface area contributed by atoms with Crippen LogP contribution in [0.25, 0.3) is 0 Å². The molecular formula is C20H27ClN2O4. The first kappa shape index (κ1) is 22.4. The number of benzene rings is 2. The van der Waals surface area contributed by atoms with E-state index in [2.05, 4.69) is 12.2 Å². The zero-order chi connectivity index (χ0) is 18.9. The van der Waals surface area contributed by atoms with Crippen LogP contribution in [-0.4, -0.2) is 26.2 Å². The average Bonchev–Trinajstić information content (AvgIpc) is 2.63. The third kappa shape index (κ3) is 6.25. The molecule has 2 rings (SSSR count). The molecule has 2 aromatic carbocycles. The van der Waals surface area contributed by atoms with Crippen molar-refractivity contribution in [2.75, 3.05) is 31.4 Å². The molecule has 1 amide bonds. The Bertz CT molecular complexity index is 753. The largest absolute Gasteiger partial charge is 0.495 e. The van der Waals surface area contributed by atoms with Crippen molar-refractivity contribution in [2.24, 2.45) is 0 Å². The standard InChI is InChI=1S/C20H26N2O4.ClH/c1-4-6-11-26-18-9-7-14(12-19(18)25-5-2)20(23)22-15-8-10-17(24-3)16(21)13-15;/h7-10,12-13H,4-6,11,21H2,1-3H3,(H,22,23);1H. The second kappa shape index (κ2) is 11.2. The van der Waals surface area contributed by atoms with Gasteiger partial charge in [0.15, 0.2) is 11.5 Å². The summed E-state index contributed by atoms with van der Waals surface area (Å²) < 4.78 is 16.5. The normalized spacial score (nSPS) is 9.89. The van der Waals surface area contributed by atoms with Crippen LogP contribution >= 0.6 is 12.4 Å². The third-order valence-electron chi connectivity index (χ3n) is 3.75. The molecule has 0 fully saturated rings. The fourth-order valence-electron chi connectivity index (χ4n) is 2.38. The SMILES string of the molecule is CCCCOc1ccc(C(=O)Nc2ccc(OC)c(N)c2)cc1OCC.Cl. The number of amides is 1. The fraction of sp³-hybridized carbons (Fsp3) is 0.350. The molecule has 0 heterocycles. The predicted molar refractivity (Wildman–Crippen MR) is 111 cm³/mol. The summed E-state index contributed by atoms with van der Waals surface area (Å²) in [6.45, 7) is 5.10. The van der Waals surface area contributed by atoms with E-state index >= 15 is 0 Å². The van der Waals surface area contributed by atoms with Crippen LogP contribution in [0.15, 0.2) is 36.4 Å². The second-order valence-electron chi connectivity index (χ2n) is 5.71. The molecule has 0 saturated carbocycles. The Morgan fingerprint density at radius 1 is 1.04 bits per heavy atom. The highest BCUT2D eigenvalue weighted by Crippen LogP contribution is 2.30. The minimum atomic E-state index is -0.254. The Balaban J connectivity index is 0.00000364. The lowest BCUT2D eigenvalue weighted by atomic mass is 10.1. The highest BCUT2D eigenvalue weighted by Gasteiger charge is 2.13. The Kier molecular flexibility index (Phi) is 9.30. The van der Waals surface area contributed by atoms with Gasteiger partial charge in [0, 0.05) is 11.3 Å². The summed E-state index contributed by atoms with van der Waals surface area (Å²) in [6, 6.07) is 10.3. The molecule has 0 spiro atoms. The molecule has 2 aromatic rings. The Labute approximate surface area is 166 Å². The molecule has 148 valence electrons. The van der Waals surface area contributed by atoms with Gasteiger partial charge in [0.2, 0.25) is 0 Å². The van der Waals surface area contributed by atoms with Crippen molar-refractivity contribution in [3.05, 3.63) is 42.0 Å². The molecule has 0 bridgehead atoms.